The maximum atomic E-state index is 10.2. The van der Waals surface area contributed by atoms with Crippen LogP contribution < -0.4 is 4.90 Å². The molecule has 1 aliphatic heterocycles. The fraction of sp³-hybridized carbons (Fsp3) is 0.364. The van der Waals surface area contributed by atoms with E-state index in [1.165, 1.54) is 0 Å². The third-order valence-corrected chi connectivity index (χ3v) is 5.65. The minimum atomic E-state index is -0.304. The number of hydrogen-bond donors (Lipinski definition) is 2. The molecule has 0 amide bonds. The predicted octanol–water partition coefficient (Wildman–Crippen LogP) is 3.25. The zero-order valence-corrected chi connectivity index (χ0v) is 17.0. The molecule has 1 unspecified atom stereocenters. The highest BCUT2D eigenvalue weighted by atomic mass is 16.3. The molecule has 30 heavy (non-hydrogen) atoms. The van der Waals surface area contributed by atoms with Crippen molar-refractivity contribution in [3.63, 3.8) is 0 Å². The quantitative estimate of drug-likeness (QED) is 0.543. The number of rotatable bonds is 4. The first-order valence-electron chi connectivity index (χ1n) is 10.5. The van der Waals surface area contributed by atoms with Gasteiger partial charge in [-0.25, -0.2) is 4.98 Å². The van der Waals surface area contributed by atoms with Crippen LogP contribution in [0, 0.1) is 0 Å². The van der Waals surface area contributed by atoms with Crippen LogP contribution in [0.5, 0.6) is 0 Å². The number of nitrogens with one attached hydrogen (secondary N) is 1. The monoisotopic (exact) mass is 403 g/mol. The van der Waals surface area contributed by atoms with Crippen molar-refractivity contribution < 1.29 is 5.11 Å². The van der Waals surface area contributed by atoms with Crippen molar-refractivity contribution in [3.05, 3.63) is 42.9 Å². The highest BCUT2D eigenvalue weighted by molar-refractivity contribution is 5.93. The van der Waals surface area contributed by atoms with E-state index < -0.39 is 0 Å². The third kappa shape index (κ3) is 3.54. The average molecular weight is 403 g/mol. The molecule has 1 aliphatic rings. The second-order valence-electron chi connectivity index (χ2n) is 7.75. The molecule has 2 N–H and O–H groups in total. The fourth-order valence-corrected chi connectivity index (χ4v) is 4.00. The molecular weight excluding hydrogens is 378 g/mol. The Balaban J connectivity index is 1.52. The first kappa shape index (κ1) is 18.7. The predicted molar refractivity (Wildman–Crippen MR) is 116 cm³/mol. The van der Waals surface area contributed by atoms with E-state index in [1.807, 2.05) is 41.3 Å². The van der Waals surface area contributed by atoms with Gasteiger partial charge in [0.1, 0.15) is 11.5 Å². The number of pyridine rings is 2. The summed E-state index contributed by atoms with van der Waals surface area (Å²) in [6.45, 7) is 4.40. The van der Waals surface area contributed by atoms with Gasteiger partial charge in [-0.3, -0.25) is 14.8 Å². The minimum Gasteiger partial charge on any atom is -0.391 e. The molecule has 0 aliphatic carbocycles. The lowest BCUT2D eigenvalue weighted by Gasteiger charge is -2.23. The van der Waals surface area contributed by atoms with Crippen molar-refractivity contribution in [2.75, 3.05) is 18.0 Å². The zero-order valence-electron chi connectivity index (χ0n) is 17.0. The van der Waals surface area contributed by atoms with Crippen LogP contribution in [0.2, 0.25) is 0 Å². The van der Waals surface area contributed by atoms with E-state index in [9.17, 15) is 5.11 Å². The summed E-state index contributed by atoms with van der Waals surface area (Å²) in [5.41, 5.74) is 4.31. The molecule has 0 bridgehead atoms. The number of aliphatic hydroxyl groups is 1. The number of H-pyrrole nitrogens is 1. The van der Waals surface area contributed by atoms with Crippen LogP contribution in [0.25, 0.3) is 33.5 Å². The maximum Gasteiger partial charge on any atom is 0.129 e. The van der Waals surface area contributed by atoms with Crippen molar-refractivity contribution in [3.8, 4) is 22.6 Å². The van der Waals surface area contributed by atoms with Crippen LogP contribution in [-0.2, 0) is 6.54 Å². The van der Waals surface area contributed by atoms with E-state index in [1.54, 1.807) is 6.20 Å². The van der Waals surface area contributed by atoms with Gasteiger partial charge in [0.2, 0.25) is 0 Å². The molecule has 5 heterocycles. The number of aromatic nitrogens is 6. The summed E-state index contributed by atoms with van der Waals surface area (Å²) in [5, 5.41) is 23.1. The largest absolute Gasteiger partial charge is 0.391 e. The normalized spacial score (nSPS) is 17.4. The standard InChI is InChI=1S/C22H25N7O/c1-2-29-13-15(11-24-29)19-10-17-20(12-23-19)26-27-22(17)18-7-5-8-21(25-18)28-9-4-3-6-16(30)14-28/h5,7-8,10-13,16,30H,2-4,6,9,14H2,1H3,(H,26,27). The van der Waals surface area contributed by atoms with Crippen LogP contribution in [-0.4, -0.2) is 54.2 Å². The van der Waals surface area contributed by atoms with Gasteiger partial charge in [0, 0.05) is 36.8 Å². The number of nitrogens with zero attached hydrogens (tertiary/aromatic N) is 6. The lowest BCUT2D eigenvalue weighted by molar-refractivity contribution is 0.174. The summed E-state index contributed by atoms with van der Waals surface area (Å²) in [6.07, 6.45) is 8.30. The Morgan fingerprint density at radius 3 is 3.00 bits per heavy atom. The molecule has 0 aromatic carbocycles. The Kier molecular flexibility index (Phi) is 4.92. The second-order valence-corrected chi connectivity index (χ2v) is 7.75. The Bertz CT molecular complexity index is 1170. The van der Waals surface area contributed by atoms with Gasteiger partial charge in [0.15, 0.2) is 0 Å². The van der Waals surface area contributed by atoms with Gasteiger partial charge in [-0.05, 0) is 44.4 Å². The average Bonchev–Trinajstić information content (AvgIpc) is 3.37. The zero-order chi connectivity index (χ0) is 20.5. The fourth-order valence-electron chi connectivity index (χ4n) is 4.00. The van der Waals surface area contributed by atoms with Crippen molar-refractivity contribution in [2.45, 2.75) is 38.8 Å². The lowest BCUT2D eigenvalue weighted by atomic mass is 10.1. The summed E-state index contributed by atoms with van der Waals surface area (Å²) < 4.78 is 1.89. The first-order chi connectivity index (χ1) is 14.7. The summed E-state index contributed by atoms with van der Waals surface area (Å²) >= 11 is 0. The molecule has 154 valence electrons. The molecule has 0 radical (unpaired) electrons. The Morgan fingerprint density at radius 2 is 2.13 bits per heavy atom. The van der Waals surface area contributed by atoms with Gasteiger partial charge in [-0.2, -0.15) is 10.2 Å². The minimum absolute atomic E-state index is 0.304. The summed E-state index contributed by atoms with van der Waals surface area (Å²) in [7, 11) is 0. The van der Waals surface area contributed by atoms with Crippen LogP contribution >= 0.6 is 0 Å². The molecule has 1 saturated heterocycles. The van der Waals surface area contributed by atoms with Gasteiger partial charge >= 0.3 is 0 Å². The van der Waals surface area contributed by atoms with Crippen molar-refractivity contribution in [2.24, 2.45) is 0 Å². The number of aromatic amines is 1. The number of hydrogen-bond acceptors (Lipinski definition) is 6. The molecule has 1 atom stereocenters. The number of aryl methyl sites for hydroxylation is 1. The lowest BCUT2D eigenvalue weighted by Crippen LogP contribution is -2.31. The molecule has 4 aromatic rings. The number of fused-ring (bicyclic) bond motifs is 1. The Morgan fingerprint density at radius 1 is 1.20 bits per heavy atom. The summed E-state index contributed by atoms with van der Waals surface area (Å²) in [5.74, 6) is 0.878. The van der Waals surface area contributed by atoms with E-state index in [0.29, 0.717) is 6.54 Å². The highest BCUT2D eigenvalue weighted by Gasteiger charge is 2.19. The highest BCUT2D eigenvalue weighted by Crippen LogP contribution is 2.29. The van der Waals surface area contributed by atoms with Gasteiger partial charge < -0.3 is 10.0 Å². The van der Waals surface area contributed by atoms with Crippen LogP contribution in [0.3, 0.4) is 0 Å². The molecule has 1 fully saturated rings. The molecule has 4 aromatic heterocycles. The van der Waals surface area contributed by atoms with E-state index in [4.69, 9.17) is 4.98 Å². The Hall–Kier alpha value is -3.26. The summed E-state index contributed by atoms with van der Waals surface area (Å²) in [4.78, 5) is 11.6. The van der Waals surface area contributed by atoms with Crippen LogP contribution in [0.4, 0.5) is 5.82 Å². The third-order valence-electron chi connectivity index (χ3n) is 5.65. The molecule has 0 spiro atoms. The molecule has 8 heteroatoms. The van der Waals surface area contributed by atoms with Gasteiger partial charge in [-0.15, -0.1) is 0 Å². The van der Waals surface area contributed by atoms with E-state index >= 15 is 0 Å². The van der Waals surface area contributed by atoms with Crippen LogP contribution in [0.1, 0.15) is 26.2 Å². The van der Waals surface area contributed by atoms with Gasteiger partial charge in [0.05, 0.1) is 35.4 Å². The van der Waals surface area contributed by atoms with Crippen molar-refractivity contribution >= 4 is 16.7 Å². The van der Waals surface area contributed by atoms with Crippen molar-refractivity contribution in [1.29, 1.82) is 0 Å². The first-order valence-corrected chi connectivity index (χ1v) is 10.5. The van der Waals surface area contributed by atoms with Crippen LogP contribution in [0.15, 0.2) is 42.9 Å². The van der Waals surface area contributed by atoms with E-state index in [-0.39, 0.29) is 6.10 Å². The summed E-state index contributed by atoms with van der Waals surface area (Å²) in [6, 6.07) is 8.02. The maximum absolute atomic E-state index is 10.2. The van der Waals surface area contributed by atoms with E-state index in [0.717, 1.165) is 71.7 Å². The number of β-amino-alcohol motifs (C(OH)–C–C–N with tert-alkyl or cyclic N) is 1. The SMILES string of the molecule is CCn1cc(-c2cc3c(-c4cccc(N5CCCCC(O)C5)n4)n[nH]c3cn2)cn1. The molecular formula is C22H25N7O. The molecule has 5 rings (SSSR count). The number of aliphatic hydroxyl groups excluding tert-OH is 1. The van der Waals surface area contributed by atoms with Gasteiger partial charge in [0.25, 0.3) is 0 Å². The smallest absolute Gasteiger partial charge is 0.129 e. The molecule has 8 nitrogen and oxygen atoms in total. The van der Waals surface area contributed by atoms with Gasteiger partial charge in [-0.1, -0.05) is 6.07 Å². The topological polar surface area (TPSA) is 95.8 Å². The van der Waals surface area contributed by atoms with E-state index in [2.05, 4.69) is 32.1 Å². The number of anilines is 1. The molecule has 0 saturated carbocycles. The van der Waals surface area contributed by atoms with Crippen molar-refractivity contribution in [1.82, 2.24) is 29.9 Å². The second kappa shape index (κ2) is 7.87. The Labute approximate surface area is 174 Å².